The van der Waals surface area contributed by atoms with Gasteiger partial charge in [0.2, 0.25) is 0 Å². The number of ketones is 2. The second-order valence-electron chi connectivity index (χ2n) is 3.27. The van der Waals surface area contributed by atoms with Crippen LogP contribution in [0.4, 0.5) is 0 Å². The topological polar surface area (TPSA) is 54.4 Å². The highest BCUT2D eigenvalue weighted by molar-refractivity contribution is 6.10. The van der Waals surface area contributed by atoms with Crippen LogP contribution in [0, 0.1) is 0 Å². The average Bonchev–Trinajstić information content (AvgIpc) is 2.09. The number of rotatable bonds is 2. The molecule has 3 nitrogen and oxygen atoms in total. The summed E-state index contributed by atoms with van der Waals surface area (Å²) in [4.78, 5) is 22.5. The van der Waals surface area contributed by atoms with Gasteiger partial charge in [-0.2, -0.15) is 0 Å². The van der Waals surface area contributed by atoms with Gasteiger partial charge in [-0.05, 0) is 19.3 Å². The predicted octanol–water partition coefficient (Wildman–Crippen LogP) is 0.840. The molecular weight excluding hydrogens is 156 g/mol. The molecule has 68 valence electrons. The highest BCUT2D eigenvalue weighted by Gasteiger charge is 2.42. The van der Waals surface area contributed by atoms with Gasteiger partial charge in [0.15, 0.2) is 17.2 Å². The fourth-order valence-corrected chi connectivity index (χ4v) is 1.60. The Kier molecular flexibility index (Phi) is 2.62. The van der Waals surface area contributed by atoms with E-state index in [-0.39, 0.29) is 18.0 Å². The zero-order chi connectivity index (χ0) is 9.19. The van der Waals surface area contributed by atoms with Crippen molar-refractivity contribution in [2.45, 2.75) is 44.6 Å². The fraction of sp³-hybridized carbons (Fsp3) is 0.778. The third-order valence-corrected chi connectivity index (χ3v) is 2.44. The summed E-state index contributed by atoms with van der Waals surface area (Å²) < 4.78 is 0. The molecule has 3 heteroatoms. The Labute approximate surface area is 71.8 Å². The molecule has 0 aromatic heterocycles. The lowest BCUT2D eigenvalue weighted by Gasteiger charge is -2.28. The van der Waals surface area contributed by atoms with Gasteiger partial charge in [0.25, 0.3) is 0 Å². The van der Waals surface area contributed by atoms with Crippen molar-refractivity contribution in [1.29, 1.82) is 0 Å². The summed E-state index contributed by atoms with van der Waals surface area (Å²) in [7, 11) is 0. The van der Waals surface area contributed by atoms with Crippen LogP contribution in [0.2, 0.25) is 0 Å². The largest absolute Gasteiger partial charge is 0.375 e. The minimum absolute atomic E-state index is 0.238. The van der Waals surface area contributed by atoms with Crippen LogP contribution in [0.5, 0.6) is 0 Å². The van der Waals surface area contributed by atoms with E-state index in [2.05, 4.69) is 0 Å². The second-order valence-corrected chi connectivity index (χ2v) is 3.27. The number of hydrogen-bond donors (Lipinski definition) is 1. The molecule has 1 saturated carbocycles. The highest BCUT2D eigenvalue weighted by Crippen LogP contribution is 2.26. The van der Waals surface area contributed by atoms with Crippen LogP contribution in [0.15, 0.2) is 0 Å². The molecule has 1 rings (SSSR count). The smallest absolute Gasteiger partial charge is 0.181 e. The van der Waals surface area contributed by atoms with Crippen molar-refractivity contribution in [3.05, 3.63) is 0 Å². The van der Waals surface area contributed by atoms with E-state index in [4.69, 9.17) is 0 Å². The predicted molar refractivity (Wildman–Crippen MR) is 43.7 cm³/mol. The van der Waals surface area contributed by atoms with Crippen LogP contribution in [-0.2, 0) is 9.59 Å². The first-order valence-corrected chi connectivity index (χ1v) is 4.40. The van der Waals surface area contributed by atoms with Gasteiger partial charge < -0.3 is 5.11 Å². The molecule has 1 aliphatic rings. The van der Waals surface area contributed by atoms with E-state index in [0.717, 1.165) is 12.8 Å². The standard InChI is InChI=1S/C9H14O3/c1-2-7(10)9(12)6-4-3-5-8(9)11/h12H,2-6H2,1H3. The van der Waals surface area contributed by atoms with Crippen LogP contribution >= 0.6 is 0 Å². The Hall–Kier alpha value is -0.700. The molecule has 0 radical (unpaired) electrons. The Morgan fingerprint density at radius 2 is 2.25 bits per heavy atom. The molecule has 1 fully saturated rings. The van der Waals surface area contributed by atoms with Gasteiger partial charge in [0, 0.05) is 12.8 Å². The number of carbonyl (C=O) groups is 2. The quantitative estimate of drug-likeness (QED) is 0.625. The van der Waals surface area contributed by atoms with Crippen LogP contribution in [0.25, 0.3) is 0 Å². The monoisotopic (exact) mass is 170 g/mol. The maximum atomic E-state index is 11.2. The lowest BCUT2D eigenvalue weighted by molar-refractivity contribution is -0.153. The summed E-state index contributed by atoms with van der Waals surface area (Å²) in [6, 6.07) is 0. The molecule has 0 aromatic carbocycles. The van der Waals surface area contributed by atoms with Crippen LogP contribution in [0.3, 0.4) is 0 Å². The molecule has 0 aliphatic heterocycles. The fourth-order valence-electron chi connectivity index (χ4n) is 1.60. The van der Waals surface area contributed by atoms with Crippen molar-refractivity contribution in [2.75, 3.05) is 0 Å². The lowest BCUT2D eigenvalue weighted by Crippen LogP contribution is -2.48. The highest BCUT2D eigenvalue weighted by atomic mass is 16.3. The molecular formula is C9H14O3. The zero-order valence-electron chi connectivity index (χ0n) is 7.30. The molecule has 0 spiro atoms. The van der Waals surface area contributed by atoms with Gasteiger partial charge in [-0.3, -0.25) is 9.59 Å². The Morgan fingerprint density at radius 1 is 1.58 bits per heavy atom. The van der Waals surface area contributed by atoms with Gasteiger partial charge in [-0.15, -0.1) is 0 Å². The normalized spacial score (nSPS) is 30.3. The molecule has 1 aliphatic carbocycles. The van der Waals surface area contributed by atoms with E-state index in [1.807, 2.05) is 0 Å². The zero-order valence-corrected chi connectivity index (χ0v) is 7.30. The third kappa shape index (κ3) is 1.41. The van der Waals surface area contributed by atoms with Crippen LogP contribution < -0.4 is 0 Å². The Balaban J connectivity index is 2.79. The van der Waals surface area contributed by atoms with Gasteiger partial charge in [-0.1, -0.05) is 6.92 Å². The van der Waals surface area contributed by atoms with E-state index in [9.17, 15) is 14.7 Å². The lowest BCUT2D eigenvalue weighted by atomic mass is 9.80. The van der Waals surface area contributed by atoms with Gasteiger partial charge in [-0.25, -0.2) is 0 Å². The number of carbonyl (C=O) groups excluding carboxylic acids is 2. The van der Waals surface area contributed by atoms with Crippen LogP contribution in [0.1, 0.15) is 39.0 Å². The van der Waals surface area contributed by atoms with E-state index in [1.165, 1.54) is 0 Å². The van der Waals surface area contributed by atoms with Gasteiger partial charge >= 0.3 is 0 Å². The first-order valence-electron chi connectivity index (χ1n) is 4.40. The average molecular weight is 170 g/mol. The number of hydrogen-bond acceptors (Lipinski definition) is 3. The van der Waals surface area contributed by atoms with Crippen molar-refractivity contribution in [2.24, 2.45) is 0 Å². The minimum atomic E-state index is -1.63. The molecule has 1 unspecified atom stereocenters. The molecule has 1 N–H and O–H groups in total. The SMILES string of the molecule is CCC(=O)C1(O)CCCCC1=O. The van der Waals surface area contributed by atoms with E-state index in [1.54, 1.807) is 6.92 Å². The number of aliphatic hydroxyl groups is 1. The van der Waals surface area contributed by atoms with E-state index < -0.39 is 5.60 Å². The molecule has 12 heavy (non-hydrogen) atoms. The third-order valence-electron chi connectivity index (χ3n) is 2.44. The van der Waals surface area contributed by atoms with Gasteiger partial charge in [0.05, 0.1) is 0 Å². The Morgan fingerprint density at radius 3 is 2.75 bits per heavy atom. The van der Waals surface area contributed by atoms with Crippen molar-refractivity contribution in [3.63, 3.8) is 0 Å². The minimum Gasteiger partial charge on any atom is -0.375 e. The first-order chi connectivity index (χ1) is 5.61. The summed E-state index contributed by atoms with van der Waals surface area (Å²) >= 11 is 0. The van der Waals surface area contributed by atoms with Crippen molar-refractivity contribution >= 4 is 11.6 Å². The number of Topliss-reactive ketones (excluding diaryl/α,β-unsaturated/α-hetero) is 2. The summed E-state index contributed by atoms with van der Waals surface area (Å²) in [6.45, 7) is 1.67. The second kappa shape index (κ2) is 3.35. The summed E-state index contributed by atoms with van der Waals surface area (Å²) in [6.07, 6.45) is 2.48. The van der Waals surface area contributed by atoms with Crippen molar-refractivity contribution in [3.8, 4) is 0 Å². The van der Waals surface area contributed by atoms with Crippen molar-refractivity contribution in [1.82, 2.24) is 0 Å². The molecule has 0 bridgehead atoms. The van der Waals surface area contributed by atoms with Gasteiger partial charge in [0.1, 0.15) is 0 Å². The summed E-state index contributed by atoms with van der Waals surface area (Å²) in [5.74, 6) is -0.618. The van der Waals surface area contributed by atoms with E-state index in [0.29, 0.717) is 12.8 Å². The molecule has 0 saturated heterocycles. The van der Waals surface area contributed by atoms with Crippen molar-refractivity contribution < 1.29 is 14.7 Å². The molecule has 0 aromatic rings. The Bertz CT molecular complexity index is 200. The molecule has 0 heterocycles. The maximum Gasteiger partial charge on any atom is 0.181 e. The van der Waals surface area contributed by atoms with Crippen LogP contribution in [-0.4, -0.2) is 22.3 Å². The molecule has 0 amide bonds. The summed E-state index contributed by atoms with van der Waals surface area (Å²) in [5.41, 5.74) is -1.63. The first kappa shape index (κ1) is 9.39. The summed E-state index contributed by atoms with van der Waals surface area (Å²) in [5, 5.41) is 9.71. The van der Waals surface area contributed by atoms with E-state index >= 15 is 0 Å². The maximum absolute atomic E-state index is 11.2. The molecule has 1 atom stereocenters.